The highest BCUT2D eigenvalue weighted by atomic mass is 32.2. The second-order valence-electron chi connectivity index (χ2n) is 4.35. The quantitative estimate of drug-likeness (QED) is 0.777. The molecule has 2 unspecified atom stereocenters. The Labute approximate surface area is 118 Å². The number of benzene rings is 1. The molecule has 0 aromatic heterocycles. The Hall–Kier alpha value is -1.91. The van der Waals surface area contributed by atoms with Gasteiger partial charge < -0.3 is 5.11 Å². The van der Waals surface area contributed by atoms with Crippen molar-refractivity contribution in [2.45, 2.75) is 31.1 Å². The number of carboxylic acid groups (broad SMARTS) is 1. The van der Waals surface area contributed by atoms with Crippen LogP contribution in [0.1, 0.15) is 18.9 Å². The Bertz CT molecular complexity index is 593. The third kappa shape index (κ3) is 4.64. The number of carbonyl (C=O) groups is 1. The van der Waals surface area contributed by atoms with Crippen molar-refractivity contribution in [3.63, 3.8) is 0 Å². The van der Waals surface area contributed by atoms with E-state index in [1.54, 1.807) is 6.07 Å². The summed E-state index contributed by atoms with van der Waals surface area (Å²) in [5.41, 5.74) is 0.922. The summed E-state index contributed by atoms with van der Waals surface area (Å²) in [6.45, 7) is 1.21. The van der Waals surface area contributed by atoms with E-state index in [4.69, 9.17) is 10.4 Å². The fourth-order valence-electron chi connectivity index (χ4n) is 1.56. The van der Waals surface area contributed by atoms with Gasteiger partial charge in [0.25, 0.3) is 0 Å². The fourth-order valence-corrected chi connectivity index (χ4v) is 2.52. The third-order valence-corrected chi connectivity index (χ3v) is 4.47. The summed E-state index contributed by atoms with van der Waals surface area (Å²) >= 11 is 0. The lowest BCUT2D eigenvalue weighted by Gasteiger charge is -2.15. The number of carboxylic acids is 1. The van der Waals surface area contributed by atoms with E-state index in [1.807, 2.05) is 30.3 Å². The Morgan fingerprint density at radius 2 is 2.00 bits per heavy atom. The van der Waals surface area contributed by atoms with E-state index in [9.17, 15) is 13.2 Å². The zero-order chi connectivity index (χ0) is 15.2. The van der Waals surface area contributed by atoms with E-state index in [1.165, 1.54) is 6.92 Å². The minimum atomic E-state index is -3.95. The molecule has 0 saturated carbocycles. The molecule has 0 fully saturated rings. The zero-order valence-corrected chi connectivity index (χ0v) is 11.8. The summed E-state index contributed by atoms with van der Waals surface area (Å²) in [7, 11) is -3.95. The largest absolute Gasteiger partial charge is 0.480 e. The van der Waals surface area contributed by atoms with Gasteiger partial charge in [-0.2, -0.15) is 9.98 Å². The average Bonchev–Trinajstić information content (AvgIpc) is 2.43. The lowest BCUT2D eigenvalue weighted by molar-refractivity contribution is -0.139. The predicted molar refractivity (Wildman–Crippen MR) is 73.3 cm³/mol. The second-order valence-corrected chi connectivity index (χ2v) is 6.38. The third-order valence-electron chi connectivity index (χ3n) is 2.82. The van der Waals surface area contributed by atoms with Crippen LogP contribution in [0.2, 0.25) is 0 Å². The molecule has 0 heterocycles. The zero-order valence-electron chi connectivity index (χ0n) is 11.0. The van der Waals surface area contributed by atoms with Gasteiger partial charge in [0.15, 0.2) is 5.25 Å². The summed E-state index contributed by atoms with van der Waals surface area (Å²) in [5.74, 6) is -1.25. The van der Waals surface area contributed by atoms with Crippen LogP contribution in [-0.4, -0.2) is 30.8 Å². The number of rotatable bonds is 7. The molecular formula is C13H16N2O4S. The maximum absolute atomic E-state index is 11.7. The molecule has 1 aromatic rings. The average molecular weight is 296 g/mol. The molecule has 1 rings (SSSR count). The van der Waals surface area contributed by atoms with Gasteiger partial charge >= 0.3 is 5.97 Å². The van der Waals surface area contributed by atoms with Crippen molar-refractivity contribution in [3.05, 3.63) is 35.9 Å². The molecule has 2 atom stereocenters. The van der Waals surface area contributed by atoms with Crippen LogP contribution >= 0.6 is 0 Å². The molecule has 0 spiro atoms. The number of hydrogen-bond acceptors (Lipinski definition) is 4. The van der Waals surface area contributed by atoms with Crippen molar-refractivity contribution in [1.82, 2.24) is 4.72 Å². The number of nitrogens with zero attached hydrogens (tertiary/aromatic N) is 1. The van der Waals surface area contributed by atoms with Crippen LogP contribution in [0.15, 0.2) is 30.3 Å². The van der Waals surface area contributed by atoms with Gasteiger partial charge in [0.05, 0.1) is 6.07 Å². The summed E-state index contributed by atoms with van der Waals surface area (Å²) in [4.78, 5) is 11.1. The molecule has 6 nitrogen and oxygen atoms in total. The molecule has 1 aromatic carbocycles. The smallest absolute Gasteiger partial charge is 0.321 e. The summed E-state index contributed by atoms with van der Waals surface area (Å²) in [5, 5.41) is 16.4. The predicted octanol–water partition coefficient (Wildman–Crippen LogP) is 0.904. The van der Waals surface area contributed by atoms with Gasteiger partial charge in [0.2, 0.25) is 10.0 Å². The Morgan fingerprint density at radius 1 is 1.40 bits per heavy atom. The van der Waals surface area contributed by atoms with Crippen LogP contribution in [0.4, 0.5) is 0 Å². The maximum Gasteiger partial charge on any atom is 0.321 e. The minimum Gasteiger partial charge on any atom is -0.480 e. The molecule has 0 aliphatic rings. The van der Waals surface area contributed by atoms with Gasteiger partial charge in [-0.25, -0.2) is 8.42 Å². The van der Waals surface area contributed by atoms with Crippen LogP contribution < -0.4 is 4.72 Å². The molecule has 0 radical (unpaired) electrons. The topological polar surface area (TPSA) is 107 Å². The first-order valence-corrected chi connectivity index (χ1v) is 7.59. The highest BCUT2D eigenvalue weighted by molar-refractivity contribution is 7.90. The SMILES string of the molecule is CC(C#N)S(=O)(=O)NC(CCc1ccccc1)C(=O)O. The Balaban J connectivity index is 2.72. The lowest BCUT2D eigenvalue weighted by Crippen LogP contribution is -2.44. The molecule has 20 heavy (non-hydrogen) atoms. The highest BCUT2D eigenvalue weighted by Crippen LogP contribution is 2.07. The molecular weight excluding hydrogens is 280 g/mol. The van der Waals surface area contributed by atoms with Gasteiger partial charge in [0.1, 0.15) is 6.04 Å². The van der Waals surface area contributed by atoms with Crippen LogP contribution in [-0.2, 0) is 21.2 Å². The summed E-state index contributed by atoms with van der Waals surface area (Å²) in [6, 6.07) is 9.51. The van der Waals surface area contributed by atoms with Crippen LogP contribution in [0.5, 0.6) is 0 Å². The van der Waals surface area contributed by atoms with E-state index >= 15 is 0 Å². The van der Waals surface area contributed by atoms with Crippen molar-refractivity contribution in [1.29, 1.82) is 5.26 Å². The van der Waals surface area contributed by atoms with Crippen molar-refractivity contribution >= 4 is 16.0 Å². The molecule has 2 N–H and O–H groups in total. The first-order chi connectivity index (χ1) is 9.36. The number of sulfonamides is 1. The van der Waals surface area contributed by atoms with Crippen molar-refractivity contribution in [3.8, 4) is 6.07 Å². The fraction of sp³-hybridized carbons (Fsp3) is 0.385. The molecule has 7 heteroatoms. The van der Waals surface area contributed by atoms with Gasteiger partial charge in [-0.1, -0.05) is 30.3 Å². The van der Waals surface area contributed by atoms with E-state index in [2.05, 4.69) is 4.72 Å². The standard InChI is InChI=1S/C13H16N2O4S/c1-10(9-14)20(18,19)15-12(13(16)17)8-7-11-5-3-2-4-6-11/h2-6,10,12,15H,7-8H2,1H3,(H,16,17). The van der Waals surface area contributed by atoms with Crippen molar-refractivity contribution in [2.24, 2.45) is 0 Å². The summed E-state index contributed by atoms with van der Waals surface area (Å²) < 4.78 is 25.4. The summed E-state index contributed by atoms with van der Waals surface area (Å²) in [6.07, 6.45) is 0.554. The van der Waals surface area contributed by atoms with Crippen LogP contribution in [0.3, 0.4) is 0 Å². The first kappa shape index (κ1) is 16.1. The number of nitrogens with one attached hydrogen (secondary N) is 1. The van der Waals surface area contributed by atoms with E-state index in [0.29, 0.717) is 6.42 Å². The number of aryl methyl sites for hydroxylation is 1. The molecule has 0 aliphatic heterocycles. The van der Waals surface area contributed by atoms with Crippen molar-refractivity contribution < 1.29 is 18.3 Å². The van der Waals surface area contributed by atoms with Gasteiger partial charge in [-0.3, -0.25) is 4.79 Å². The maximum atomic E-state index is 11.7. The number of nitriles is 1. The Morgan fingerprint density at radius 3 is 2.50 bits per heavy atom. The van der Waals surface area contributed by atoms with E-state index < -0.39 is 27.3 Å². The van der Waals surface area contributed by atoms with Gasteiger partial charge in [0, 0.05) is 0 Å². The first-order valence-electron chi connectivity index (χ1n) is 6.04. The molecule has 0 amide bonds. The molecule has 108 valence electrons. The van der Waals surface area contributed by atoms with E-state index in [-0.39, 0.29) is 6.42 Å². The number of hydrogen-bond donors (Lipinski definition) is 2. The lowest BCUT2D eigenvalue weighted by atomic mass is 10.1. The van der Waals surface area contributed by atoms with Gasteiger partial charge in [-0.15, -0.1) is 0 Å². The number of aliphatic carboxylic acids is 1. The Kier molecular flexibility index (Phi) is 5.67. The van der Waals surface area contributed by atoms with E-state index in [0.717, 1.165) is 5.56 Å². The normalized spacial score (nSPS) is 14.2. The van der Waals surface area contributed by atoms with Crippen LogP contribution in [0.25, 0.3) is 0 Å². The highest BCUT2D eigenvalue weighted by Gasteiger charge is 2.28. The molecule has 0 aliphatic carbocycles. The monoisotopic (exact) mass is 296 g/mol. The van der Waals surface area contributed by atoms with Crippen molar-refractivity contribution in [2.75, 3.05) is 0 Å². The second kappa shape index (κ2) is 7.03. The minimum absolute atomic E-state index is 0.122. The molecule has 0 saturated heterocycles. The van der Waals surface area contributed by atoms with Crippen LogP contribution in [0, 0.1) is 11.3 Å². The van der Waals surface area contributed by atoms with Gasteiger partial charge in [-0.05, 0) is 25.3 Å². The molecule has 0 bridgehead atoms.